The number of aliphatic imine (C=N–C) groups is 1. The van der Waals surface area contributed by atoms with Crippen molar-refractivity contribution >= 4 is 41.7 Å². The second kappa shape index (κ2) is 11.7. The van der Waals surface area contributed by atoms with Gasteiger partial charge in [-0.1, -0.05) is 36.4 Å². The van der Waals surface area contributed by atoms with Crippen LogP contribution in [-0.4, -0.2) is 48.9 Å². The van der Waals surface area contributed by atoms with E-state index in [1.165, 1.54) is 5.56 Å². The van der Waals surface area contributed by atoms with Crippen molar-refractivity contribution in [3.8, 4) is 0 Å². The van der Waals surface area contributed by atoms with Gasteiger partial charge in [0.1, 0.15) is 5.82 Å². The van der Waals surface area contributed by atoms with Crippen molar-refractivity contribution in [2.45, 2.75) is 25.9 Å². The number of nitrogens with zero attached hydrogens (tertiary/aromatic N) is 4. The first kappa shape index (κ1) is 23.9. The number of carbonyl (C=O) groups is 1. The minimum Gasteiger partial charge on any atom is -0.369 e. The van der Waals surface area contributed by atoms with Gasteiger partial charge in [-0.05, 0) is 24.5 Å². The van der Waals surface area contributed by atoms with Crippen LogP contribution in [0, 0.1) is 5.92 Å². The van der Waals surface area contributed by atoms with Crippen molar-refractivity contribution in [3.63, 3.8) is 0 Å². The molecule has 0 saturated carbocycles. The molecule has 1 amide bonds. The summed E-state index contributed by atoms with van der Waals surface area (Å²) in [4.78, 5) is 24.8. The number of anilines is 1. The van der Waals surface area contributed by atoms with Crippen molar-refractivity contribution in [1.29, 1.82) is 0 Å². The number of rotatable bonds is 6. The van der Waals surface area contributed by atoms with E-state index >= 15 is 0 Å². The molecule has 0 spiro atoms. The summed E-state index contributed by atoms with van der Waals surface area (Å²) in [5.41, 5.74) is 7.80. The standard InChI is InChI=1S/C22H30N6O.HI/c1-24-22(27(2)16-17-7-4-3-5-8-17)26-15-19-9-6-12-25-21(19)28-13-10-18(11-14-28)20(23)29;/h3-9,12,18H,10-11,13-16H2,1-2H3,(H2,23,29)(H,24,26);1H. The zero-order valence-electron chi connectivity index (χ0n) is 17.6. The summed E-state index contributed by atoms with van der Waals surface area (Å²) < 4.78 is 0. The Morgan fingerprint density at radius 1 is 1.23 bits per heavy atom. The van der Waals surface area contributed by atoms with Crippen LogP contribution in [0.25, 0.3) is 0 Å². The van der Waals surface area contributed by atoms with Gasteiger partial charge in [0, 0.05) is 58.0 Å². The maximum absolute atomic E-state index is 11.4. The maximum Gasteiger partial charge on any atom is 0.220 e. The van der Waals surface area contributed by atoms with Crippen molar-refractivity contribution < 1.29 is 4.79 Å². The van der Waals surface area contributed by atoms with Gasteiger partial charge in [0.05, 0.1) is 0 Å². The van der Waals surface area contributed by atoms with Crippen LogP contribution in [0.15, 0.2) is 53.7 Å². The third-order valence-corrected chi connectivity index (χ3v) is 5.34. The summed E-state index contributed by atoms with van der Waals surface area (Å²) in [6.45, 7) is 2.99. The van der Waals surface area contributed by atoms with E-state index in [4.69, 9.17) is 5.73 Å². The molecular formula is C22H31IN6O. The Balaban J connectivity index is 0.00000320. The highest BCUT2D eigenvalue weighted by Crippen LogP contribution is 2.24. The number of carbonyl (C=O) groups excluding carboxylic acids is 1. The molecule has 2 heterocycles. The summed E-state index contributed by atoms with van der Waals surface area (Å²) in [5, 5.41) is 3.45. The van der Waals surface area contributed by atoms with Crippen LogP contribution in [-0.2, 0) is 17.9 Å². The van der Waals surface area contributed by atoms with Crippen molar-refractivity contribution in [1.82, 2.24) is 15.2 Å². The Kier molecular flexibility index (Phi) is 9.35. The third kappa shape index (κ3) is 6.32. The molecule has 1 saturated heterocycles. The number of halogens is 1. The number of primary amides is 1. The largest absolute Gasteiger partial charge is 0.369 e. The van der Waals surface area contributed by atoms with E-state index < -0.39 is 0 Å². The van der Waals surface area contributed by atoms with Crippen LogP contribution in [0.3, 0.4) is 0 Å². The average Bonchev–Trinajstić information content (AvgIpc) is 2.75. The number of hydrogen-bond donors (Lipinski definition) is 2. The fourth-order valence-corrected chi connectivity index (χ4v) is 3.72. The van der Waals surface area contributed by atoms with Gasteiger partial charge in [0.15, 0.2) is 5.96 Å². The zero-order chi connectivity index (χ0) is 20.6. The first-order chi connectivity index (χ1) is 14.1. The molecule has 3 rings (SSSR count). The van der Waals surface area contributed by atoms with Crippen LogP contribution < -0.4 is 16.0 Å². The average molecular weight is 522 g/mol. The lowest BCUT2D eigenvalue weighted by Crippen LogP contribution is -2.40. The van der Waals surface area contributed by atoms with E-state index in [1.807, 2.05) is 37.5 Å². The predicted molar refractivity (Wildman–Crippen MR) is 132 cm³/mol. The Morgan fingerprint density at radius 2 is 1.93 bits per heavy atom. The lowest BCUT2D eigenvalue weighted by molar-refractivity contribution is -0.122. The van der Waals surface area contributed by atoms with E-state index in [9.17, 15) is 4.79 Å². The zero-order valence-corrected chi connectivity index (χ0v) is 20.0. The number of amides is 1. The molecule has 0 aliphatic carbocycles. The van der Waals surface area contributed by atoms with E-state index in [-0.39, 0.29) is 35.8 Å². The first-order valence-electron chi connectivity index (χ1n) is 10.0. The van der Waals surface area contributed by atoms with Crippen LogP contribution in [0.4, 0.5) is 5.82 Å². The molecule has 8 heteroatoms. The number of benzene rings is 1. The summed E-state index contributed by atoms with van der Waals surface area (Å²) in [7, 11) is 3.82. The molecule has 162 valence electrons. The lowest BCUT2D eigenvalue weighted by Gasteiger charge is -2.32. The molecule has 1 aromatic heterocycles. The molecular weight excluding hydrogens is 491 g/mol. The maximum atomic E-state index is 11.4. The summed E-state index contributed by atoms with van der Waals surface area (Å²) in [6, 6.07) is 14.4. The van der Waals surface area contributed by atoms with Gasteiger partial charge in [-0.2, -0.15) is 0 Å². The number of nitrogens with one attached hydrogen (secondary N) is 1. The monoisotopic (exact) mass is 522 g/mol. The minimum atomic E-state index is -0.196. The van der Waals surface area contributed by atoms with Crippen molar-refractivity contribution in [3.05, 3.63) is 59.8 Å². The second-order valence-corrected chi connectivity index (χ2v) is 7.39. The fourth-order valence-electron chi connectivity index (χ4n) is 3.72. The molecule has 1 aliphatic heterocycles. The molecule has 1 fully saturated rings. The van der Waals surface area contributed by atoms with Gasteiger partial charge in [-0.25, -0.2) is 4.98 Å². The van der Waals surface area contributed by atoms with Gasteiger partial charge < -0.3 is 20.9 Å². The van der Waals surface area contributed by atoms with Gasteiger partial charge in [-0.3, -0.25) is 9.79 Å². The quantitative estimate of drug-likeness (QED) is 0.346. The number of hydrogen-bond acceptors (Lipinski definition) is 4. The third-order valence-electron chi connectivity index (χ3n) is 5.34. The molecule has 0 unspecified atom stereocenters. The molecule has 2 aromatic rings. The molecule has 0 atom stereocenters. The number of aromatic nitrogens is 1. The first-order valence-corrected chi connectivity index (χ1v) is 10.0. The SMILES string of the molecule is CN=C(NCc1cccnc1N1CCC(C(N)=O)CC1)N(C)Cc1ccccc1.I. The Morgan fingerprint density at radius 3 is 2.57 bits per heavy atom. The lowest BCUT2D eigenvalue weighted by atomic mass is 9.96. The Bertz CT molecular complexity index is 837. The van der Waals surface area contributed by atoms with E-state index in [0.29, 0.717) is 6.54 Å². The number of pyridine rings is 1. The second-order valence-electron chi connectivity index (χ2n) is 7.39. The van der Waals surface area contributed by atoms with E-state index in [2.05, 4.69) is 43.3 Å². The van der Waals surface area contributed by atoms with Crippen LogP contribution in [0.5, 0.6) is 0 Å². The van der Waals surface area contributed by atoms with Crippen LogP contribution in [0.2, 0.25) is 0 Å². The highest BCUT2D eigenvalue weighted by Gasteiger charge is 2.25. The highest BCUT2D eigenvalue weighted by atomic mass is 127. The smallest absolute Gasteiger partial charge is 0.220 e. The van der Waals surface area contributed by atoms with Crippen LogP contribution in [0.1, 0.15) is 24.0 Å². The topological polar surface area (TPSA) is 86.9 Å². The molecule has 7 nitrogen and oxygen atoms in total. The minimum absolute atomic E-state index is 0. The molecule has 0 bridgehead atoms. The highest BCUT2D eigenvalue weighted by molar-refractivity contribution is 14.0. The summed E-state index contributed by atoms with van der Waals surface area (Å²) in [5.74, 6) is 1.57. The van der Waals surface area contributed by atoms with Gasteiger partial charge in [0.25, 0.3) is 0 Å². The molecule has 1 aliphatic rings. The van der Waals surface area contributed by atoms with Crippen molar-refractivity contribution in [2.75, 3.05) is 32.1 Å². The molecule has 1 aromatic carbocycles. The van der Waals surface area contributed by atoms with Gasteiger partial charge in [0.2, 0.25) is 5.91 Å². The number of nitrogens with two attached hydrogens (primary N) is 1. The van der Waals surface area contributed by atoms with Crippen molar-refractivity contribution in [2.24, 2.45) is 16.6 Å². The molecule has 3 N–H and O–H groups in total. The van der Waals surface area contributed by atoms with Gasteiger partial charge in [-0.15, -0.1) is 24.0 Å². The predicted octanol–water partition coefficient (Wildman–Crippen LogP) is 2.61. The fraction of sp³-hybridized carbons (Fsp3) is 0.409. The number of piperidine rings is 1. The Labute approximate surface area is 195 Å². The molecule has 30 heavy (non-hydrogen) atoms. The van der Waals surface area contributed by atoms with E-state index in [1.54, 1.807) is 7.05 Å². The Hall–Kier alpha value is -2.36. The summed E-state index contributed by atoms with van der Waals surface area (Å²) >= 11 is 0. The summed E-state index contributed by atoms with van der Waals surface area (Å²) in [6.07, 6.45) is 3.37. The van der Waals surface area contributed by atoms with Crippen LogP contribution >= 0.6 is 24.0 Å². The normalized spacial score (nSPS) is 14.7. The van der Waals surface area contributed by atoms with Gasteiger partial charge >= 0.3 is 0 Å². The molecule has 0 radical (unpaired) electrons. The van der Waals surface area contributed by atoms with E-state index in [0.717, 1.165) is 49.8 Å². The number of guanidine groups is 1.